The van der Waals surface area contributed by atoms with Gasteiger partial charge in [-0.05, 0) is 20.5 Å². The molecule has 0 rings (SSSR count). The van der Waals surface area contributed by atoms with Crippen LogP contribution in [0.4, 0.5) is 0 Å². The Morgan fingerprint density at radius 2 is 1.79 bits per heavy atom. The molecular weight excluding hydrogens is 201 g/mol. The first-order valence-corrected chi connectivity index (χ1v) is 6.79. The molecule has 0 saturated carbocycles. The fourth-order valence-corrected chi connectivity index (χ4v) is 2.60. The Hall–Kier alpha value is 0.110. The largest absolute Gasteiger partial charge is 0.342 e. The second-order valence-electron chi connectivity index (χ2n) is 3.88. The normalized spacial score (nSPS) is 14.7. The van der Waals surface area contributed by atoms with E-state index in [1.54, 1.807) is 19.0 Å². The maximum Gasteiger partial charge on any atom is 0.342 e. The molecule has 0 saturated heterocycles. The fraction of sp³-hybridized carbons (Fsp3) is 1.00. The van der Waals surface area contributed by atoms with Crippen LogP contribution < -0.4 is 0 Å². The van der Waals surface area contributed by atoms with E-state index in [1.165, 1.54) is 0 Å². The van der Waals surface area contributed by atoms with Crippen LogP contribution in [-0.2, 0) is 4.57 Å². The van der Waals surface area contributed by atoms with Gasteiger partial charge in [0.25, 0.3) is 0 Å². The average Bonchev–Trinajstić information content (AvgIpc) is 2.01. The first kappa shape index (κ1) is 14.1. The summed E-state index contributed by atoms with van der Waals surface area (Å²) in [7, 11) is -0.531. The lowest BCUT2D eigenvalue weighted by Crippen LogP contribution is -2.27. The predicted octanol–water partition coefficient (Wildman–Crippen LogP) is 2.02. The summed E-state index contributed by atoms with van der Waals surface area (Å²) in [6.07, 6.45) is 4.81. The summed E-state index contributed by atoms with van der Waals surface area (Å²) >= 11 is 0. The highest BCUT2D eigenvalue weighted by Gasteiger charge is 2.29. The van der Waals surface area contributed by atoms with Gasteiger partial charge in [-0.2, -0.15) is 0 Å². The first-order chi connectivity index (χ1) is 6.39. The zero-order valence-corrected chi connectivity index (χ0v) is 10.2. The molecule has 2 N–H and O–H groups in total. The summed E-state index contributed by atoms with van der Waals surface area (Å²) in [5, 5.41) is 0. The Bertz CT molecular complexity index is 190. The minimum atomic E-state index is -3.95. The molecule has 1 atom stereocenters. The average molecular weight is 223 g/mol. The zero-order chi connectivity index (χ0) is 11.2. The molecule has 0 aliphatic carbocycles. The third kappa shape index (κ3) is 5.76. The van der Waals surface area contributed by atoms with Gasteiger partial charge in [0.05, 0.1) is 0 Å². The van der Waals surface area contributed by atoms with Crippen molar-refractivity contribution in [3.05, 3.63) is 0 Å². The lowest BCUT2D eigenvalue weighted by atomic mass is 10.1. The van der Waals surface area contributed by atoms with E-state index in [2.05, 4.69) is 6.92 Å². The zero-order valence-electron chi connectivity index (χ0n) is 9.31. The highest BCUT2D eigenvalue weighted by molar-refractivity contribution is 7.52. The molecule has 0 aromatic heterocycles. The van der Waals surface area contributed by atoms with Crippen LogP contribution in [0.2, 0.25) is 0 Å². The lowest BCUT2D eigenvalue weighted by Gasteiger charge is -2.24. The summed E-state index contributed by atoms with van der Waals surface area (Å²) in [5.74, 6) is -0.612. The molecule has 5 heteroatoms. The maximum absolute atomic E-state index is 11.1. The Morgan fingerprint density at radius 1 is 1.21 bits per heavy atom. The minimum Gasteiger partial charge on any atom is -0.323 e. The van der Waals surface area contributed by atoms with Crippen molar-refractivity contribution < 1.29 is 14.4 Å². The Kier molecular flexibility index (Phi) is 6.62. The van der Waals surface area contributed by atoms with Crippen LogP contribution in [0.15, 0.2) is 0 Å². The van der Waals surface area contributed by atoms with Crippen molar-refractivity contribution in [3.63, 3.8) is 0 Å². The molecule has 0 fully saturated rings. The van der Waals surface area contributed by atoms with E-state index in [0.717, 1.165) is 25.7 Å². The standard InChI is InChI=1S/C9H22NO3P/c1-4-5-6-7-8-9(10(2)3)14(11,12)13/h9H,4-8H2,1-3H3,(H2,11,12,13)/t9-/m0/s1. The summed E-state index contributed by atoms with van der Waals surface area (Å²) in [4.78, 5) is 19.8. The molecule has 0 amide bonds. The second-order valence-corrected chi connectivity index (χ2v) is 5.66. The Balaban J connectivity index is 3.94. The van der Waals surface area contributed by atoms with E-state index in [1.807, 2.05) is 0 Å². The molecule has 0 aliphatic heterocycles. The molecule has 0 heterocycles. The topological polar surface area (TPSA) is 60.8 Å². The van der Waals surface area contributed by atoms with Gasteiger partial charge >= 0.3 is 7.60 Å². The number of hydrogen-bond acceptors (Lipinski definition) is 2. The van der Waals surface area contributed by atoms with E-state index in [-0.39, 0.29) is 0 Å². The maximum atomic E-state index is 11.1. The van der Waals surface area contributed by atoms with Crippen molar-refractivity contribution in [1.82, 2.24) is 4.90 Å². The van der Waals surface area contributed by atoms with Gasteiger partial charge < -0.3 is 9.79 Å². The van der Waals surface area contributed by atoms with Crippen molar-refractivity contribution >= 4 is 7.60 Å². The van der Waals surface area contributed by atoms with Crippen LogP contribution >= 0.6 is 7.60 Å². The third-order valence-electron chi connectivity index (χ3n) is 2.30. The molecule has 0 aromatic rings. The van der Waals surface area contributed by atoms with E-state index in [4.69, 9.17) is 9.79 Å². The molecule has 0 unspecified atom stereocenters. The van der Waals surface area contributed by atoms with Crippen molar-refractivity contribution in [2.45, 2.75) is 44.8 Å². The minimum absolute atomic E-state index is 0.581. The van der Waals surface area contributed by atoms with Gasteiger partial charge in [0.2, 0.25) is 0 Å². The van der Waals surface area contributed by atoms with Crippen molar-refractivity contribution in [2.24, 2.45) is 0 Å². The van der Waals surface area contributed by atoms with Crippen LogP contribution in [0.25, 0.3) is 0 Å². The molecular formula is C9H22NO3P. The molecule has 0 aliphatic rings. The molecule has 0 spiro atoms. The van der Waals surface area contributed by atoms with E-state index in [0.29, 0.717) is 6.42 Å². The van der Waals surface area contributed by atoms with Crippen molar-refractivity contribution in [2.75, 3.05) is 14.1 Å². The monoisotopic (exact) mass is 223 g/mol. The Labute approximate surface area is 86.5 Å². The summed E-state index contributed by atoms with van der Waals surface area (Å²) in [6.45, 7) is 2.12. The van der Waals surface area contributed by atoms with Gasteiger partial charge in [-0.3, -0.25) is 9.46 Å². The smallest absolute Gasteiger partial charge is 0.323 e. The van der Waals surface area contributed by atoms with Gasteiger partial charge in [0.1, 0.15) is 5.78 Å². The molecule has 86 valence electrons. The van der Waals surface area contributed by atoms with Gasteiger partial charge in [-0.15, -0.1) is 0 Å². The van der Waals surface area contributed by atoms with Gasteiger partial charge in [-0.1, -0.05) is 32.6 Å². The van der Waals surface area contributed by atoms with Crippen molar-refractivity contribution in [3.8, 4) is 0 Å². The van der Waals surface area contributed by atoms with Crippen LogP contribution in [-0.4, -0.2) is 34.6 Å². The van der Waals surface area contributed by atoms with Crippen LogP contribution in [0.5, 0.6) is 0 Å². The second kappa shape index (κ2) is 6.57. The van der Waals surface area contributed by atoms with E-state index < -0.39 is 13.4 Å². The van der Waals surface area contributed by atoms with Crippen LogP contribution in [0.1, 0.15) is 39.0 Å². The number of nitrogens with zero attached hydrogens (tertiary/aromatic N) is 1. The summed E-state index contributed by atoms with van der Waals surface area (Å²) in [6, 6.07) is 0. The fourth-order valence-electron chi connectivity index (χ4n) is 1.48. The SMILES string of the molecule is CCCCCC[C@@H](N(C)C)P(=O)(O)O. The number of unbranched alkanes of at least 4 members (excludes halogenated alkanes) is 3. The molecule has 14 heavy (non-hydrogen) atoms. The Morgan fingerprint density at radius 3 is 2.14 bits per heavy atom. The van der Waals surface area contributed by atoms with Crippen molar-refractivity contribution in [1.29, 1.82) is 0 Å². The number of rotatable bonds is 7. The third-order valence-corrected chi connectivity index (χ3v) is 3.80. The quantitative estimate of drug-likeness (QED) is 0.512. The number of hydrogen-bond donors (Lipinski definition) is 2. The highest BCUT2D eigenvalue weighted by atomic mass is 31.2. The van der Waals surface area contributed by atoms with Gasteiger partial charge in [0, 0.05) is 0 Å². The lowest BCUT2D eigenvalue weighted by molar-refractivity contribution is 0.270. The van der Waals surface area contributed by atoms with Crippen LogP contribution in [0, 0.1) is 0 Å². The van der Waals surface area contributed by atoms with E-state index >= 15 is 0 Å². The van der Waals surface area contributed by atoms with Gasteiger partial charge in [0.15, 0.2) is 0 Å². The first-order valence-electron chi connectivity index (χ1n) is 5.11. The predicted molar refractivity (Wildman–Crippen MR) is 58.3 cm³/mol. The summed E-state index contributed by atoms with van der Waals surface area (Å²) in [5.41, 5.74) is 0. The molecule has 4 nitrogen and oxygen atoms in total. The molecule has 0 bridgehead atoms. The van der Waals surface area contributed by atoms with E-state index in [9.17, 15) is 4.57 Å². The van der Waals surface area contributed by atoms with Crippen LogP contribution in [0.3, 0.4) is 0 Å². The highest BCUT2D eigenvalue weighted by Crippen LogP contribution is 2.44. The molecule has 0 radical (unpaired) electrons. The molecule has 0 aromatic carbocycles. The van der Waals surface area contributed by atoms with Gasteiger partial charge in [-0.25, -0.2) is 0 Å². The summed E-state index contributed by atoms with van der Waals surface area (Å²) < 4.78 is 11.1.